The molecule has 102 valence electrons. The van der Waals surface area contributed by atoms with E-state index >= 15 is 0 Å². The van der Waals surface area contributed by atoms with Gasteiger partial charge in [-0.1, -0.05) is 69.2 Å². The van der Waals surface area contributed by atoms with Crippen LogP contribution in [0.2, 0.25) is 0 Å². The second-order valence-electron chi connectivity index (χ2n) is 4.11. The number of unbranched alkanes of at least 4 members (excludes halogenated alkanes) is 3. The Morgan fingerprint density at radius 3 is 2.39 bits per heavy atom. The Morgan fingerprint density at radius 1 is 1.17 bits per heavy atom. The summed E-state index contributed by atoms with van der Waals surface area (Å²) in [5.74, 6) is 0. The van der Waals surface area contributed by atoms with Crippen LogP contribution in [0, 0.1) is 0 Å². The van der Waals surface area contributed by atoms with E-state index < -0.39 is 0 Å². The minimum Gasteiger partial charge on any atom is -0.370 e. The lowest BCUT2D eigenvalue weighted by Gasteiger charge is -2.01. The van der Waals surface area contributed by atoms with Gasteiger partial charge < -0.3 is 4.74 Å². The third-order valence-electron chi connectivity index (χ3n) is 2.49. The molecule has 0 aliphatic carbocycles. The van der Waals surface area contributed by atoms with Crippen molar-refractivity contribution in [3.63, 3.8) is 0 Å². The second kappa shape index (κ2) is 13.9. The monoisotopic (exact) mass is 249 g/mol. The third kappa shape index (κ3) is 11.4. The molecule has 0 saturated heterocycles. The Hall–Kier alpha value is -1.12. The lowest BCUT2D eigenvalue weighted by molar-refractivity contribution is 0.175. The maximum atomic E-state index is 4.84. The summed E-state index contributed by atoms with van der Waals surface area (Å²) in [5, 5.41) is 3.17. The molecule has 0 bridgehead atoms. The largest absolute Gasteiger partial charge is 0.370 e. The molecule has 0 heterocycles. The van der Waals surface area contributed by atoms with Gasteiger partial charge in [-0.2, -0.15) is 0 Å². The number of methoxy groups -OCH3 is 1. The Morgan fingerprint density at radius 2 is 1.89 bits per heavy atom. The molecule has 2 nitrogen and oxygen atoms in total. The van der Waals surface area contributed by atoms with Crippen LogP contribution in [0.5, 0.6) is 0 Å². The standard InChI is InChI=1S/C8H19NO.C8H8/c1-3-4-5-6-7-9-8-10-2;1-2-8-6-4-3-5-7-8/h9H,3-8H2,1-2H3;2-7H,1H2. The molecule has 0 aliphatic rings. The van der Waals surface area contributed by atoms with E-state index in [0.29, 0.717) is 6.73 Å². The van der Waals surface area contributed by atoms with Crippen LogP contribution in [0.15, 0.2) is 36.9 Å². The van der Waals surface area contributed by atoms with E-state index in [0.717, 1.165) is 6.54 Å². The maximum Gasteiger partial charge on any atom is 0.0961 e. The van der Waals surface area contributed by atoms with Gasteiger partial charge in [0.1, 0.15) is 0 Å². The number of hydrogen-bond acceptors (Lipinski definition) is 2. The number of rotatable bonds is 8. The van der Waals surface area contributed by atoms with Gasteiger partial charge in [-0.05, 0) is 18.5 Å². The first-order chi connectivity index (χ1) is 8.85. The van der Waals surface area contributed by atoms with Crippen molar-refractivity contribution in [3.05, 3.63) is 42.5 Å². The van der Waals surface area contributed by atoms with Gasteiger partial charge in [-0.25, -0.2) is 0 Å². The summed E-state index contributed by atoms with van der Waals surface area (Å²) < 4.78 is 4.84. The molecule has 0 unspecified atom stereocenters. The van der Waals surface area contributed by atoms with Gasteiger partial charge in [-0.15, -0.1) is 0 Å². The molecule has 0 radical (unpaired) electrons. The van der Waals surface area contributed by atoms with Crippen LogP contribution in [-0.4, -0.2) is 20.4 Å². The van der Waals surface area contributed by atoms with Gasteiger partial charge in [0.05, 0.1) is 6.73 Å². The van der Waals surface area contributed by atoms with Crippen LogP contribution in [0.25, 0.3) is 6.08 Å². The van der Waals surface area contributed by atoms with E-state index in [2.05, 4.69) is 18.8 Å². The predicted molar refractivity (Wildman–Crippen MR) is 80.6 cm³/mol. The summed E-state index contributed by atoms with van der Waals surface area (Å²) in [6.07, 6.45) is 7.11. The highest BCUT2D eigenvalue weighted by Crippen LogP contribution is 1.97. The van der Waals surface area contributed by atoms with Crippen molar-refractivity contribution < 1.29 is 4.74 Å². The topological polar surface area (TPSA) is 21.3 Å². The first-order valence-corrected chi connectivity index (χ1v) is 6.72. The second-order valence-corrected chi connectivity index (χ2v) is 4.11. The van der Waals surface area contributed by atoms with E-state index in [4.69, 9.17) is 4.74 Å². The van der Waals surface area contributed by atoms with Crippen molar-refractivity contribution in [2.24, 2.45) is 0 Å². The lowest BCUT2D eigenvalue weighted by atomic mass is 10.2. The van der Waals surface area contributed by atoms with E-state index in [9.17, 15) is 0 Å². The molecule has 0 atom stereocenters. The summed E-state index contributed by atoms with van der Waals surface area (Å²) >= 11 is 0. The molecule has 18 heavy (non-hydrogen) atoms. The molecule has 1 aromatic carbocycles. The van der Waals surface area contributed by atoms with Crippen LogP contribution in [0.4, 0.5) is 0 Å². The Kier molecular flexibility index (Phi) is 13.1. The molecule has 0 spiro atoms. The zero-order chi connectivity index (χ0) is 13.5. The first kappa shape index (κ1) is 16.9. The van der Waals surface area contributed by atoms with Gasteiger partial charge in [0.15, 0.2) is 0 Å². The summed E-state index contributed by atoms with van der Waals surface area (Å²) in [6.45, 7) is 7.63. The molecule has 1 aromatic rings. The first-order valence-electron chi connectivity index (χ1n) is 6.72. The third-order valence-corrected chi connectivity index (χ3v) is 2.49. The zero-order valence-electron chi connectivity index (χ0n) is 11.8. The Labute approximate surface area is 112 Å². The summed E-state index contributed by atoms with van der Waals surface area (Å²) in [5.41, 5.74) is 1.17. The van der Waals surface area contributed by atoms with Crippen LogP contribution in [0.3, 0.4) is 0 Å². The molecule has 0 aliphatic heterocycles. The number of hydrogen-bond donors (Lipinski definition) is 1. The minimum absolute atomic E-state index is 0.687. The SMILES string of the molecule is C=Cc1ccccc1.CCCCCCNCOC. The molecule has 0 fully saturated rings. The molecule has 0 aromatic heterocycles. The molecule has 0 amide bonds. The van der Waals surface area contributed by atoms with Crippen LogP contribution in [-0.2, 0) is 4.74 Å². The van der Waals surface area contributed by atoms with Gasteiger partial charge in [0.2, 0.25) is 0 Å². The molecule has 2 heteroatoms. The predicted octanol–water partition coefficient (Wildman–Crippen LogP) is 4.09. The van der Waals surface area contributed by atoms with Crippen molar-refractivity contribution in [1.29, 1.82) is 0 Å². The van der Waals surface area contributed by atoms with Crippen molar-refractivity contribution in [1.82, 2.24) is 5.32 Å². The van der Waals surface area contributed by atoms with Crippen LogP contribution >= 0.6 is 0 Å². The molecule has 1 N–H and O–H groups in total. The smallest absolute Gasteiger partial charge is 0.0961 e. The van der Waals surface area contributed by atoms with E-state index in [1.807, 2.05) is 36.4 Å². The summed E-state index contributed by atoms with van der Waals surface area (Å²) in [6, 6.07) is 10.0. The van der Waals surface area contributed by atoms with Crippen molar-refractivity contribution in [2.75, 3.05) is 20.4 Å². The molecule has 0 saturated carbocycles. The number of ether oxygens (including phenoxy) is 1. The van der Waals surface area contributed by atoms with Gasteiger partial charge in [0, 0.05) is 7.11 Å². The lowest BCUT2D eigenvalue weighted by Crippen LogP contribution is -2.17. The Balaban J connectivity index is 0.000000327. The highest BCUT2D eigenvalue weighted by Gasteiger charge is 1.85. The normalized spacial score (nSPS) is 9.44. The van der Waals surface area contributed by atoms with Crippen molar-refractivity contribution in [2.45, 2.75) is 32.6 Å². The van der Waals surface area contributed by atoms with E-state index in [-0.39, 0.29) is 0 Å². The van der Waals surface area contributed by atoms with E-state index in [1.54, 1.807) is 7.11 Å². The Bertz CT molecular complexity index is 264. The highest BCUT2D eigenvalue weighted by molar-refractivity contribution is 5.45. The van der Waals surface area contributed by atoms with Crippen LogP contribution in [0.1, 0.15) is 38.2 Å². The molecule has 1 rings (SSSR count). The summed E-state index contributed by atoms with van der Waals surface area (Å²) in [7, 11) is 1.71. The maximum absolute atomic E-state index is 4.84. The average molecular weight is 249 g/mol. The van der Waals surface area contributed by atoms with Gasteiger partial charge in [-0.3, -0.25) is 5.32 Å². The highest BCUT2D eigenvalue weighted by atomic mass is 16.5. The fourth-order valence-electron chi connectivity index (χ4n) is 1.44. The quantitative estimate of drug-likeness (QED) is 0.553. The van der Waals surface area contributed by atoms with Gasteiger partial charge in [0.25, 0.3) is 0 Å². The summed E-state index contributed by atoms with van der Waals surface area (Å²) in [4.78, 5) is 0. The van der Waals surface area contributed by atoms with Crippen LogP contribution < -0.4 is 5.32 Å². The minimum atomic E-state index is 0.687. The average Bonchev–Trinajstić information content (AvgIpc) is 2.44. The fourth-order valence-corrected chi connectivity index (χ4v) is 1.44. The molecular formula is C16H27NO. The van der Waals surface area contributed by atoms with Crippen molar-refractivity contribution >= 4 is 6.08 Å². The fraction of sp³-hybridized carbons (Fsp3) is 0.500. The van der Waals surface area contributed by atoms with Gasteiger partial charge >= 0.3 is 0 Å². The number of nitrogens with one attached hydrogen (secondary N) is 1. The van der Waals surface area contributed by atoms with E-state index in [1.165, 1.54) is 31.2 Å². The van der Waals surface area contributed by atoms with Crippen molar-refractivity contribution in [3.8, 4) is 0 Å². The zero-order valence-corrected chi connectivity index (χ0v) is 11.8. The number of benzene rings is 1. The molecular weight excluding hydrogens is 222 g/mol.